The summed E-state index contributed by atoms with van der Waals surface area (Å²) in [5, 5.41) is 13.7. The first-order valence-corrected chi connectivity index (χ1v) is 12.8. The van der Waals surface area contributed by atoms with Crippen molar-refractivity contribution < 1.29 is 14.1 Å². The molecule has 3 aromatic rings. The number of benzene rings is 1. The molecule has 1 aromatic carbocycles. The first-order chi connectivity index (χ1) is 18.2. The van der Waals surface area contributed by atoms with Crippen molar-refractivity contribution in [2.24, 2.45) is 0 Å². The second-order valence-electron chi connectivity index (χ2n) is 9.65. The highest BCUT2D eigenvalue weighted by Crippen LogP contribution is 2.32. The van der Waals surface area contributed by atoms with E-state index in [1.54, 1.807) is 36.5 Å². The number of nitrogens with zero attached hydrogens (tertiary/aromatic N) is 4. The van der Waals surface area contributed by atoms with Gasteiger partial charge in [0.1, 0.15) is 5.76 Å². The molecule has 0 saturated heterocycles. The van der Waals surface area contributed by atoms with Crippen molar-refractivity contribution in [2.45, 2.75) is 45.2 Å². The quantitative estimate of drug-likeness (QED) is 0.346. The number of hydrogen-bond acceptors (Lipinski definition) is 8. The van der Waals surface area contributed by atoms with Gasteiger partial charge in [0.15, 0.2) is 0 Å². The fourth-order valence-electron chi connectivity index (χ4n) is 4.39. The molecule has 0 unspecified atom stereocenters. The number of rotatable bonds is 9. The molecule has 2 heterocycles. The Morgan fingerprint density at radius 2 is 1.89 bits per heavy atom. The van der Waals surface area contributed by atoms with Gasteiger partial charge in [-0.3, -0.25) is 9.59 Å². The standard InChI is InChI=1S/C27H32ClN7O3/c1-16-24(17(2)38-34-16)25-22(28)15-29-27(33-25)32-21-12-11-20(14-21)31-26(37)18-7-9-19(10-8-18)30-23(36)6-5-13-35(3)4/h5-10,15,20-21H,11-14H2,1-4H3,(H,30,36)(H,31,37)(H,29,32,33)/b6-5+/t20-,21+/m0/s1. The zero-order valence-corrected chi connectivity index (χ0v) is 22.7. The number of anilines is 2. The number of carbonyl (C=O) groups is 2. The lowest BCUT2D eigenvalue weighted by molar-refractivity contribution is -0.111. The van der Waals surface area contributed by atoms with Gasteiger partial charge in [0, 0.05) is 36.0 Å². The molecule has 0 aliphatic heterocycles. The Balaban J connectivity index is 1.30. The third kappa shape index (κ3) is 6.96. The van der Waals surface area contributed by atoms with Crippen LogP contribution in [-0.4, -0.2) is 64.6 Å². The van der Waals surface area contributed by atoms with E-state index in [4.69, 9.17) is 16.1 Å². The minimum Gasteiger partial charge on any atom is -0.361 e. The van der Waals surface area contributed by atoms with Gasteiger partial charge in [-0.05, 0) is 71.5 Å². The van der Waals surface area contributed by atoms with Gasteiger partial charge >= 0.3 is 0 Å². The van der Waals surface area contributed by atoms with Crippen molar-refractivity contribution in [1.82, 2.24) is 25.3 Å². The highest BCUT2D eigenvalue weighted by atomic mass is 35.5. The van der Waals surface area contributed by atoms with E-state index in [9.17, 15) is 9.59 Å². The first kappa shape index (κ1) is 27.3. The maximum absolute atomic E-state index is 12.8. The fraction of sp³-hybridized carbons (Fsp3) is 0.370. The van der Waals surface area contributed by atoms with E-state index >= 15 is 0 Å². The Labute approximate surface area is 226 Å². The average molecular weight is 538 g/mol. The lowest BCUT2D eigenvalue weighted by Crippen LogP contribution is -2.34. The third-order valence-electron chi connectivity index (χ3n) is 6.27. The molecule has 2 amide bonds. The fourth-order valence-corrected chi connectivity index (χ4v) is 4.57. The summed E-state index contributed by atoms with van der Waals surface area (Å²) in [6.45, 7) is 4.34. The smallest absolute Gasteiger partial charge is 0.251 e. The molecule has 0 spiro atoms. The van der Waals surface area contributed by atoms with Crippen molar-refractivity contribution in [1.29, 1.82) is 0 Å². The molecular weight excluding hydrogens is 506 g/mol. The summed E-state index contributed by atoms with van der Waals surface area (Å²) in [6.07, 6.45) is 7.30. The van der Waals surface area contributed by atoms with Gasteiger partial charge in [0.25, 0.3) is 5.91 Å². The molecule has 11 heteroatoms. The topological polar surface area (TPSA) is 125 Å². The summed E-state index contributed by atoms with van der Waals surface area (Å²) >= 11 is 6.36. The van der Waals surface area contributed by atoms with Gasteiger partial charge in [-0.1, -0.05) is 22.8 Å². The van der Waals surface area contributed by atoms with Gasteiger partial charge in [0.05, 0.1) is 28.2 Å². The Kier molecular flexibility index (Phi) is 8.75. The number of amides is 2. The molecule has 2 atom stereocenters. The molecule has 1 aliphatic carbocycles. The van der Waals surface area contributed by atoms with E-state index in [-0.39, 0.29) is 23.9 Å². The van der Waals surface area contributed by atoms with E-state index in [1.807, 2.05) is 32.8 Å². The van der Waals surface area contributed by atoms with Crippen molar-refractivity contribution in [2.75, 3.05) is 31.3 Å². The van der Waals surface area contributed by atoms with Crippen molar-refractivity contribution >= 4 is 35.1 Å². The maximum atomic E-state index is 12.8. The average Bonchev–Trinajstić information content (AvgIpc) is 3.45. The van der Waals surface area contributed by atoms with E-state index in [2.05, 4.69) is 31.1 Å². The second kappa shape index (κ2) is 12.2. The van der Waals surface area contributed by atoms with Crippen LogP contribution < -0.4 is 16.0 Å². The van der Waals surface area contributed by atoms with Crippen molar-refractivity contribution in [3.05, 3.63) is 64.7 Å². The van der Waals surface area contributed by atoms with Crippen molar-refractivity contribution in [3.8, 4) is 11.3 Å². The SMILES string of the molecule is Cc1noc(C)c1-c1nc(N[C@@H]2CC[C@H](NC(=O)c3ccc(NC(=O)/C=C/CN(C)C)cc3)C2)ncc1Cl. The van der Waals surface area contributed by atoms with Crippen LogP contribution in [0, 0.1) is 13.8 Å². The van der Waals surface area contributed by atoms with E-state index < -0.39 is 0 Å². The predicted octanol–water partition coefficient (Wildman–Crippen LogP) is 4.22. The highest BCUT2D eigenvalue weighted by molar-refractivity contribution is 6.33. The van der Waals surface area contributed by atoms with Gasteiger partial charge < -0.3 is 25.4 Å². The lowest BCUT2D eigenvalue weighted by Gasteiger charge is -2.15. The number of hydrogen-bond donors (Lipinski definition) is 3. The number of likely N-dealkylation sites (N-methyl/N-ethyl adjacent to an activating group) is 1. The van der Waals surface area contributed by atoms with Gasteiger partial charge in [-0.2, -0.15) is 0 Å². The molecule has 0 bridgehead atoms. The Morgan fingerprint density at radius 1 is 1.16 bits per heavy atom. The molecule has 2 aromatic heterocycles. The molecule has 1 fully saturated rings. The number of aryl methyl sites for hydroxylation is 2. The van der Waals surface area contributed by atoms with Gasteiger partial charge in [0.2, 0.25) is 11.9 Å². The Hall–Kier alpha value is -3.76. The van der Waals surface area contributed by atoms with Crippen LogP contribution in [0.3, 0.4) is 0 Å². The summed E-state index contributed by atoms with van der Waals surface area (Å²) in [5.74, 6) is 0.750. The zero-order chi connectivity index (χ0) is 27.2. The van der Waals surface area contributed by atoms with Crippen LogP contribution in [-0.2, 0) is 4.79 Å². The molecule has 200 valence electrons. The van der Waals surface area contributed by atoms with Crippen LogP contribution in [0.4, 0.5) is 11.6 Å². The summed E-state index contributed by atoms with van der Waals surface area (Å²) in [6, 6.07) is 6.99. The van der Waals surface area contributed by atoms with Crippen LogP contribution in [0.2, 0.25) is 5.02 Å². The summed E-state index contributed by atoms with van der Waals surface area (Å²) in [4.78, 5) is 35.7. The van der Waals surface area contributed by atoms with Crippen LogP contribution in [0.15, 0.2) is 47.1 Å². The Morgan fingerprint density at radius 3 is 2.58 bits per heavy atom. The lowest BCUT2D eigenvalue weighted by atomic mass is 10.1. The van der Waals surface area contributed by atoms with Crippen LogP contribution >= 0.6 is 11.6 Å². The largest absolute Gasteiger partial charge is 0.361 e. The van der Waals surface area contributed by atoms with Gasteiger partial charge in [-0.15, -0.1) is 0 Å². The molecule has 4 rings (SSSR count). The van der Waals surface area contributed by atoms with E-state index in [0.29, 0.717) is 45.9 Å². The van der Waals surface area contributed by atoms with Crippen LogP contribution in [0.25, 0.3) is 11.3 Å². The normalized spacial score (nSPS) is 17.2. The molecule has 3 N–H and O–H groups in total. The van der Waals surface area contributed by atoms with E-state index in [1.165, 1.54) is 6.08 Å². The predicted molar refractivity (Wildman–Crippen MR) is 147 cm³/mol. The summed E-state index contributed by atoms with van der Waals surface area (Å²) < 4.78 is 5.26. The summed E-state index contributed by atoms with van der Waals surface area (Å²) in [7, 11) is 3.86. The van der Waals surface area contributed by atoms with E-state index in [0.717, 1.165) is 24.8 Å². The third-order valence-corrected chi connectivity index (χ3v) is 6.55. The molecule has 38 heavy (non-hydrogen) atoms. The number of halogens is 1. The molecular formula is C27H32ClN7O3. The van der Waals surface area contributed by atoms with Crippen LogP contribution in [0.1, 0.15) is 41.1 Å². The number of aromatic nitrogens is 3. The molecule has 1 aliphatic rings. The number of carbonyl (C=O) groups excluding carboxylic acids is 2. The summed E-state index contributed by atoms with van der Waals surface area (Å²) in [5.41, 5.74) is 3.22. The first-order valence-electron chi connectivity index (χ1n) is 12.4. The monoisotopic (exact) mass is 537 g/mol. The second-order valence-corrected chi connectivity index (χ2v) is 10.1. The molecule has 10 nitrogen and oxygen atoms in total. The Bertz CT molecular complexity index is 1300. The van der Waals surface area contributed by atoms with Crippen molar-refractivity contribution in [3.63, 3.8) is 0 Å². The maximum Gasteiger partial charge on any atom is 0.251 e. The van der Waals surface area contributed by atoms with Gasteiger partial charge in [-0.25, -0.2) is 9.97 Å². The van der Waals surface area contributed by atoms with Crippen LogP contribution in [0.5, 0.6) is 0 Å². The zero-order valence-electron chi connectivity index (χ0n) is 21.9. The minimum atomic E-state index is -0.211. The molecule has 1 saturated carbocycles. The minimum absolute atomic E-state index is 0.0237. The number of nitrogens with one attached hydrogen (secondary N) is 3. The molecule has 0 radical (unpaired) electrons. The highest BCUT2D eigenvalue weighted by Gasteiger charge is 2.27.